The van der Waals surface area contributed by atoms with Gasteiger partial charge in [-0.2, -0.15) is 4.98 Å². The van der Waals surface area contributed by atoms with Crippen molar-refractivity contribution in [2.45, 2.75) is 25.3 Å². The van der Waals surface area contributed by atoms with Crippen LogP contribution in [0, 0.1) is 6.92 Å². The summed E-state index contributed by atoms with van der Waals surface area (Å²) in [5, 5.41) is 5.82. The molecular formula is C19H20F2N8O. The van der Waals surface area contributed by atoms with Crippen LogP contribution in [0.4, 0.5) is 20.4 Å². The van der Waals surface area contributed by atoms with Crippen LogP contribution in [-0.4, -0.2) is 47.5 Å². The Balaban J connectivity index is 1.61. The van der Waals surface area contributed by atoms with Crippen molar-refractivity contribution in [1.82, 2.24) is 33.8 Å². The van der Waals surface area contributed by atoms with Gasteiger partial charge in [0.15, 0.2) is 5.65 Å². The van der Waals surface area contributed by atoms with Gasteiger partial charge in [-0.1, -0.05) is 0 Å². The number of halogens is 2. The number of rotatable bonds is 3. The van der Waals surface area contributed by atoms with E-state index >= 15 is 0 Å². The van der Waals surface area contributed by atoms with Crippen molar-refractivity contribution in [1.29, 1.82) is 0 Å². The van der Waals surface area contributed by atoms with Crippen molar-refractivity contribution >= 4 is 28.4 Å². The topological polar surface area (TPSA) is 94.1 Å². The summed E-state index contributed by atoms with van der Waals surface area (Å²) < 4.78 is 33.4. The van der Waals surface area contributed by atoms with Gasteiger partial charge in [0.25, 0.3) is 5.92 Å². The number of fused-ring (bicyclic) bond motifs is 2. The summed E-state index contributed by atoms with van der Waals surface area (Å²) in [6.45, 7) is 1.85. The smallest absolute Gasteiger partial charge is 0.323 e. The third kappa shape index (κ3) is 2.84. The summed E-state index contributed by atoms with van der Waals surface area (Å²) in [5.74, 6) is -2.83. The highest BCUT2D eigenvalue weighted by atomic mass is 19.3. The predicted molar refractivity (Wildman–Crippen MR) is 107 cm³/mol. The Hall–Kier alpha value is -3.34. The van der Waals surface area contributed by atoms with Crippen LogP contribution >= 0.6 is 0 Å². The van der Waals surface area contributed by atoms with Crippen molar-refractivity contribution in [2.24, 2.45) is 7.05 Å². The molecule has 1 atom stereocenters. The fraction of sp³-hybridized carbons (Fsp3) is 0.368. The Morgan fingerprint density at radius 2 is 2.17 bits per heavy atom. The zero-order chi connectivity index (χ0) is 21.0. The first-order chi connectivity index (χ1) is 14.3. The number of aryl methyl sites for hydroxylation is 2. The van der Waals surface area contributed by atoms with Crippen molar-refractivity contribution in [3.05, 3.63) is 46.9 Å². The van der Waals surface area contributed by atoms with Gasteiger partial charge in [0.1, 0.15) is 17.2 Å². The van der Waals surface area contributed by atoms with E-state index < -0.39 is 24.2 Å². The lowest BCUT2D eigenvalue weighted by atomic mass is 10.0. The lowest BCUT2D eigenvalue weighted by Crippen LogP contribution is -2.49. The molecule has 0 amide bonds. The first-order valence-corrected chi connectivity index (χ1v) is 9.58. The third-order valence-corrected chi connectivity index (χ3v) is 5.57. The lowest BCUT2D eigenvalue weighted by Gasteiger charge is -2.32. The van der Waals surface area contributed by atoms with Crippen molar-refractivity contribution < 1.29 is 8.78 Å². The number of imidazole rings is 2. The van der Waals surface area contributed by atoms with Crippen molar-refractivity contribution in [3.63, 3.8) is 0 Å². The molecule has 5 rings (SSSR count). The fourth-order valence-corrected chi connectivity index (χ4v) is 3.93. The van der Waals surface area contributed by atoms with Gasteiger partial charge in [0.05, 0.1) is 18.4 Å². The Labute approximate surface area is 169 Å². The molecule has 0 aliphatic carbocycles. The van der Waals surface area contributed by atoms with Gasteiger partial charge in [-0.3, -0.25) is 9.13 Å². The highest BCUT2D eigenvalue weighted by Crippen LogP contribution is 2.34. The number of nitrogens with one attached hydrogen (secondary N) is 2. The van der Waals surface area contributed by atoms with E-state index in [1.807, 2.05) is 29.8 Å². The molecule has 2 N–H and O–H groups in total. The molecule has 156 valence electrons. The Morgan fingerprint density at radius 1 is 1.33 bits per heavy atom. The Morgan fingerprint density at radius 3 is 2.97 bits per heavy atom. The SMILES string of the molecule is Cc1cc2nccn2cc1Nc1ncc2c(n1)n([C@@H]1CCNCC1(F)F)c(=O)n2C. The maximum atomic E-state index is 14.6. The maximum absolute atomic E-state index is 14.6. The monoisotopic (exact) mass is 414 g/mol. The summed E-state index contributed by atoms with van der Waals surface area (Å²) in [7, 11) is 1.54. The van der Waals surface area contributed by atoms with E-state index in [9.17, 15) is 13.6 Å². The number of alkyl halides is 2. The van der Waals surface area contributed by atoms with E-state index in [2.05, 4.69) is 25.6 Å². The highest BCUT2D eigenvalue weighted by Gasteiger charge is 2.44. The van der Waals surface area contributed by atoms with Gasteiger partial charge in [0.2, 0.25) is 5.95 Å². The lowest BCUT2D eigenvalue weighted by molar-refractivity contribution is -0.0658. The molecular weight excluding hydrogens is 394 g/mol. The molecule has 0 unspecified atom stereocenters. The predicted octanol–water partition coefficient (Wildman–Crippen LogP) is 2.00. The molecule has 1 aliphatic heterocycles. The third-order valence-electron chi connectivity index (χ3n) is 5.57. The minimum atomic E-state index is -3.06. The van der Waals surface area contributed by atoms with Crippen molar-refractivity contribution in [3.8, 4) is 0 Å². The molecule has 1 fully saturated rings. The number of hydrogen-bond acceptors (Lipinski definition) is 6. The van der Waals surface area contributed by atoms with E-state index in [0.29, 0.717) is 12.1 Å². The molecule has 0 aromatic carbocycles. The van der Waals surface area contributed by atoms with Crippen LogP contribution in [-0.2, 0) is 7.05 Å². The molecule has 9 nitrogen and oxygen atoms in total. The van der Waals surface area contributed by atoms with Crippen LogP contribution in [0.5, 0.6) is 0 Å². The van der Waals surface area contributed by atoms with Gasteiger partial charge in [-0.15, -0.1) is 0 Å². The molecule has 11 heteroatoms. The van der Waals surface area contributed by atoms with Gasteiger partial charge in [-0.25, -0.2) is 23.5 Å². The summed E-state index contributed by atoms with van der Waals surface area (Å²) in [4.78, 5) is 25.8. The largest absolute Gasteiger partial charge is 0.330 e. The summed E-state index contributed by atoms with van der Waals surface area (Å²) in [6, 6.07) is 0.649. The number of aromatic nitrogens is 6. The van der Waals surface area contributed by atoms with Gasteiger partial charge in [-0.05, 0) is 31.5 Å². The Bertz CT molecular complexity index is 1320. The van der Waals surface area contributed by atoms with Crippen LogP contribution in [0.3, 0.4) is 0 Å². The second-order valence-corrected chi connectivity index (χ2v) is 7.54. The molecule has 0 saturated carbocycles. The minimum absolute atomic E-state index is 0.134. The van der Waals surface area contributed by atoms with E-state index in [-0.39, 0.29) is 18.0 Å². The molecule has 1 saturated heterocycles. The normalized spacial score (nSPS) is 18.9. The van der Waals surface area contributed by atoms with Crippen LogP contribution in [0.1, 0.15) is 18.0 Å². The fourth-order valence-electron chi connectivity index (χ4n) is 3.93. The molecule has 1 aliphatic rings. The first-order valence-electron chi connectivity index (χ1n) is 9.58. The maximum Gasteiger partial charge on any atom is 0.330 e. The van der Waals surface area contributed by atoms with Gasteiger partial charge < -0.3 is 15.0 Å². The molecule has 4 aromatic heterocycles. The van der Waals surface area contributed by atoms with Crippen LogP contribution in [0.2, 0.25) is 0 Å². The average Bonchev–Trinajstić information content (AvgIpc) is 3.25. The molecule has 0 bridgehead atoms. The number of pyridine rings is 1. The molecule has 4 aromatic rings. The van der Waals surface area contributed by atoms with Crippen LogP contribution in [0.15, 0.2) is 35.6 Å². The number of anilines is 2. The summed E-state index contributed by atoms with van der Waals surface area (Å²) in [5.41, 5.74) is 2.54. The quantitative estimate of drug-likeness (QED) is 0.533. The van der Waals surface area contributed by atoms with Gasteiger partial charge in [0, 0.05) is 25.6 Å². The summed E-state index contributed by atoms with van der Waals surface area (Å²) in [6.07, 6.45) is 6.98. The average molecular weight is 414 g/mol. The standard InChI is InChI=1S/C19H20F2N8O/c1-11-7-15-23-5-6-28(15)9-12(11)25-17-24-8-13-16(26-17)29(18(30)27(13)2)14-3-4-22-10-19(14,20)21/h5-9,14,22H,3-4,10H2,1-2H3,(H,24,25,26)/t14-/m1/s1. The van der Waals surface area contributed by atoms with Crippen LogP contribution < -0.4 is 16.3 Å². The van der Waals surface area contributed by atoms with Gasteiger partial charge >= 0.3 is 5.69 Å². The summed E-state index contributed by atoms with van der Waals surface area (Å²) >= 11 is 0. The number of piperidine rings is 1. The number of hydrogen-bond donors (Lipinski definition) is 2. The zero-order valence-electron chi connectivity index (χ0n) is 16.4. The van der Waals surface area contributed by atoms with E-state index in [1.165, 1.54) is 17.8 Å². The number of nitrogens with zero attached hydrogens (tertiary/aromatic N) is 6. The van der Waals surface area contributed by atoms with Crippen molar-refractivity contribution in [2.75, 3.05) is 18.4 Å². The molecule has 5 heterocycles. The minimum Gasteiger partial charge on any atom is -0.323 e. The molecule has 30 heavy (non-hydrogen) atoms. The molecule has 0 radical (unpaired) electrons. The first kappa shape index (κ1) is 18.7. The van der Waals surface area contributed by atoms with E-state index in [0.717, 1.165) is 21.5 Å². The van der Waals surface area contributed by atoms with E-state index in [1.54, 1.807) is 6.20 Å². The second kappa shape index (κ2) is 6.59. The zero-order valence-corrected chi connectivity index (χ0v) is 16.4. The van der Waals surface area contributed by atoms with Crippen LogP contribution in [0.25, 0.3) is 16.8 Å². The molecule has 0 spiro atoms. The van der Waals surface area contributed by atoms with E-state index in [4.69, 9.17) is 0 Å². The highest BCUT2D eigenvalue weighted by molar-refractivity contribution is 5.73. The Kier molecular flexibility index (Phi) is 4.10. The second-order valence-electron chi connectivity index (χ2n) is 7.54.